The van der Waals surface area contributed by atoms with Crippen LogP contribution in [0.1, 0.15) is 5.56 Å². The number of aromatic nitrogens is 2. The number of fused-ring (bicyclic) bond motifs is 2. The SMILES string of the molecule is Cc1cccc2c(Cl)nc(-c3cc4sccc4s3)nc12. The van der Waals surface area contributed by atoms with E-state index in [1.807, 2.05) is 25.1 Å². The summed E-state index contributed by atoms with van der Waals surface area (Å²) in [5, 5.41) is 3.53. The van der Waals surface area contributed by atoms with Gasteiger partial charge in [0.25, 0.3) is 0 Å². The molecule has 4 rings (SSSR count). The quantitative estimate of drug-likeness (QED) is 0.431. The van der Waals surface area contributed by atoms with E-state index in [1.165, 1.54) is 9.40 Å². The molecule has 3 aromatic heterocycles. The number of benzene rings is 1. The number of aryl methyl sites for hydroxylation is 1. The fourth-order valence-corrected chi connectivity index (χ4v) is 4.52. The van der Waals surface area contributed by atoms with Crippen molar-refractivity contribution in [1.82, 2.24) is 9.97 Å². The minimum atomic E-state index is 0.519. The summed E-state index contributed by atoms with van der Waals surface area (Å²) in [5.41, 5.74) is 2.05. The summed E-state index contributed by atoms with van der Waals surface area (Å²) in [6.45, 7) is 2.04. The zero-order chi connectivity index (χ0) is 13.7. The van der Waals surface area contributed by atoms with Crippen molar-refractivity contribution in [1.29, 1.82) is 0 Å². The molecule has 0 spiro atoms. The van der Waals surface area contributed by atoms with E-state index in [9.17, 15) is 0 Å². The van der Waals surface area contributed by atoms with Gasteiger partial charge in [-0.2, -0.15) is 0 Å². The van der Waals surface area contributed by atoms with Gasteiger partial charge < -0.3 is 0 Å². The lowest BCUT2D eigenvalue weighted by atomic mass is 10.1. The van der Waals surface area contributed by atoms with Crippen molar-refractivity contribution < 1.29 is 0 Å². The Morgan fingerprint density at radius 2 is 2.00 bits per heavy atom. The first-order valence-electron chi connectivity index (χ1n) is 6.12. The van der Waals surface area contributed by atoms with Crippen molar-refractivity contribution in [3.05, 3.63) is 46.4 Å². The molecule has 4 aromatic rings. The number of rotatable bonds is 1. The Bertz CT molecular complexity index is 911. The zero-order valence-corrected chi connectivity index (χ0v) is 12.9. The van der Waals surface area contributed by atoms with Gasteiger partial charge >= 0.3 is 0 Å². The number of halogens is 1. The molecule has 0 aliphatic carbocycles. The average Bonchev–Trinajstić information content (AvgIpc) is 3.00. The fourth-order valence-electron chi connectivity index (χ4n) is 2.24. The van der Waals surface area contributed by atoms with Crippen molar-refractivity contribution in [2.24, 2.45) is 0 Å². The van der Waals surface area contributed by atoms with Gasteiger partial charge in [0.1, 0.15) is 5.15 Å². The molecule has 5 heteroatoms. The van der Waals surface area contributed by atoms with Crippen molar-refractivity contribution in [3.63, 3.8) is 0 Å². The Morgan fingerprint density at radius 1 is 1.10 bits per heavy atom. The van der Waals surface area contributed by atoms with E-state index in [1.54, 1.807) is 22.7 Å². The highest BCUT2D eigenvalue weighted by Crippen LogP contribution is 2.36. The molecule has 20 heavy (non-hydrogen) atoms. The minimum Gasteiger partial charge on any atom is -0.227 e. The molecule has 0 unspecified atom stereocenters. The lowest BCUT2D eigenvalue weighted by molar-refractivity contribution is 1.23. The summed E-state index contributed by atoms with van der Waals surface area (Å²) >= 11 is 9.76. The lowest BCUT2D eigenvalue weighted by Crippen LogP contribution is -1.92. The first-order chi connectivity index (χ1) is 9.72. The van der Waals surface area contributed by atoms with Gasteiger partial charge in [-0.15, -0.1) is 22.7 Å². The van der Waals surface area contributed by atoms with Crippen molar-refractivity contribution >= 4 is 54.6 Å². The van der Waals surface area contributed by atoms with E-state index in [4.69, 9.17) is 16.6 Å². The normalized spacial score (nSPS) is 11.5. The van der Waals surface area contributed by atoms with Gasteiger partial charge in [0.05, 0.1) is 10.4 Å². The molecule has 0 radical (unpaired) electrons. The molecule has 2 nitrogen and oxygen atoms in total. The third kappa shape index (κ3) is 1.84. The number of nitrogens with zero attached hydrogens (tertiary/aromatic N) is 2. The van der Waals surface area contributed by atoms with Gasteiger partial charge in [-0.1, -0.05) is 23.7 Å². The molecule has 0 saturated carbocycles. The first kappa shape index (κ1) is 12.3. The monoisotopic (exact) mass is 316 g/mol. The second-order valence-corrected chi connectivity index (χ2v) is 6.96. The minimum absolute atomic E-state index is 0.519. The Kier molecular flexibility index (Phi) is 2.77. The summed E-state index contributed by atoms with van der Waals surface area (Å²) in [5.74, 6) is 0.713. The van der Waals surface area contributed by atoms with Crippen LogP contribution in [0.15, 0.2) is 35.7 Å². The Hall–Kier alpha value is -1.49. The molecule has 3 heterocycles. The number of hydrogen-bond donors (Lipinski definition) is 0. The second kappa shape index (κ2) is 4.52. The van der Waals surface area contributed by atoms with E-state index < -0.39 is 0 Å². The molecule has 0 aliphatic rings. The van der Waals surface area contributed by atoms with Gasteiger partial charge in [-0.3, -0.25) is 0 Å². The van der Waals surface area contributed by atoms with E-state index in [0.717, 1.165) is 21.3 Å². The van der Waals surface area contributed by atoms with E-state index in [-0.39, 0.29) is 0 Å². The van der Waals surface area contributed by atoms with Crippen LogP contribution in [0.4, 0.5) is 0 Å². The molecule has 0 aliphatic heterocycles. The largest absolute Gasteiger partial charge is 0.227 e. The highest BCUT2D eigenvalue weighted by molar-refractivity contribution is 7.28. The van der Waals surface area contributed by atoms with Gasteiger partial charge in [0.2, 0.25) is 0 Å². The maximum Gasteiger partial charge on any atom is 0.171 e. The van der Waals surface area contributed by atoms with Crippen LogP contribution in [0, 0.1) is 6.92 Å². The molecular weight excluding hydrogens is 308 g/mol. The summed E-state index contributed by atoms with van der Waals surface area (Å²) in [6, 6.07) is 10.3. The van der Waals surface area contributed by atoms with Gasteiger partial charge in [-0.05, 0) is 36.1 Å². The van der Waals surface area contributed by atoms with Crippen LogP contribution in [0.25, 0.3) is 31.0 Å². The molecule has 98 valence electrons. The van der Waals surface area contributed by atoms with Crippen LogP contribution in [0.2, 0.25) is 5.15 Å². The van der Waals surface area contributed by atoms with E-state index in [2.05, 4.69) is 22.5 Å². The van der Waals surface area contributed by atoms with Crippen LogP contribution < -0.4 is 0 Å². The summed E-state index contributed by atoms with van der Waals surface area (Å²) in [4.78, 5) is 10.2. The van der Waals surface area contributed by atoms with E-state index >= 15 is 0 Å². The third-order valence-corrected chi connectivity index (χ3v) is 5.62. The van der Waals surface area contributed by atoms with Crippen LogP contribution >= 0.6 is 34.3 Å². The lowest BCUT2D eigenvalue weighted by Gasteiger charge is -2.05. The molecule has 0 atom stereocenters. The van der Waals surface area contributed by atoms with Crippen molar-refractivity contribution in [2.45, 2.75) is 6.92 Å². The molecule has 0 amide bonds. The van der Waals surface area contributed by atoms with Crippen LogP contribution in [0.5, 0.6) is 0 Å². The van der Waals surface area contributed by atoms with Gasteiger partial charge in [0.15, 0.2) is 5.82 Å². The predicted octanol–water partition coefficient (Wildman–Crippen LogP) is 5.53. The smallest absolute Gasteiger partial charge is 0.171 e. The summed E-state index contributed by atoms with van der Waals surface area (Å²) in [6.07, 6.45) is 0. The predicted molar refractivity (Wildman–Crippen MR) is 88.0 cm³/mol. The first-order valence-corrected chi connectivity index (χ1v) is 8.20. The van der Waals surface area contributed by atoms with Crippen molar-refractivity contribution in [2.75, 3.05) is 0 Å². The molecule has 0 fully saturated rings. The molecule has 1 aromatic carbocycles. The van der Waals surface area contributed by atoms with Crippen LogP contribution in [0.3, 0.4) is 0 Å². The van der Waals surface area contributed by atoms with Crippen LogP contribution in [-0.2, 0) is 0 Å². The molecule has 0 saturated heterocycles. The number of thiophene rings is 2. The summed E-state index contributed by atoms with van der Waals surface area (Å²) in [7, 11) is 0. The van der Waals surface area contributed by atoms with E-state index in [0.29, 0.717) is 11.0 Å². The number of para-hydroxylation sites is 1. The molecular formula is C15H9ClN2S2. The standard InChI is InChI=1S/C15H9ClN2S2/c1-8-3-2-4-9-13(8)17-15(18-14(9)16)12-7-11-10(20-12)5-6-19-11/h2-7H,1H3. The molecule has 0 bridgehead atoms. The summed E-state index contributed by atoms with van der Waals surface area (Å²) < 4.78 is 2.55. The zero-order valence-electron chi connectivity index (χ0n) is 10.6. The fraction of sp³-hybridized carbons (Fsp3) is 0.0667. The maximum atomic E-state index is 6.31. The maximum absolute atomic E-state index is 6.31. The Morgan fingerprint density at radius 3 is 2.85 bits per heavy atom. The van der Waals surface area contributed by atoms with Gasteiger partial charge in [-0.25, -0.2) is 9.97 Å². The van der Waals surface area contributed by atoms with Crippen LogP contribution in [-0.4, -0.2) is 9.97 Å². The second-order valence-electron chi connectivity index (χ2n) is 4.57. The third-order valence-electron chi connectivity index (χ3n) is 3.24. The Labute approximate surface area is 128 Å². The Balaban J connectivity index is 2.00. The van der Waals surface area contributed by atoms with Gasteiger partial charge in [0, 0.05) is 14.8 Å². The van der Waals surface area contributed by atoms with Crippen molar-refractivity contribution in [3.8, 4) is 10.7 Å². The number of hydrogen-bond acceptors (Lipinski definition) is 4. The highest BCUT2D eigenvalue weighted by atomic mass is 35.5. The highest BCUT2D eigenvalue weighted by Gasteiger charge is 2.12. The average molecular weight is 317 g/mol. The molecule has 0 N–H and O–H groups in total. The topological polar surface area (TPSA) is 25.8 Å².